The Morgan fingerprint density at radius 1 is 1.07 bits per heavy atom. The summed E-state index contributed by atoms with van der Waals surface area (Å²) in [5.41, 5.74) is 0.218. The van der Waals surface area contributed by atoms with Crippen molar-refractivity contribution in [2.24, 2.45) is 0 Å². The summed E-state index contributed by atoms with van der Waals surface area (Å²) in [6.07, 6.45) is 3.48. The largest absolute Gasteiger partial charge is 0.360 e. The molecule has 10 heteroatoms. The van der Waals surface area contributed by atoms with E-state index in [4.69, 9.17) is 4.52 Å². The van der Waals surface area contributed by atoms with Crippen LogP contribution in [0.2, 0.25) is 0 Å². The van der Waals surface area contributed by atoms with Gasteiger partial charge in [0.2, 0.25) is 5.95 Å². The van der Waals surface area contributed by atoms with Crippen molar-refractivity contribution in [3.8, 4) is 0 Å². The van der Waals surface area contributed by atoms with Gasteiger partial charge < -0.3 is 19.6 Å². The number of rotatable bonds is 4. The van der Waals surface area contributed by atoms with E-state index in [1.54, 1.807) is 43.6 Å². The summed E-state index contributed by atoms with van der Waals surface area (Å²) in [5.74, 6) is 2.05. The number of nitrogens with zero attached hydrogens (tertiary/aromatic N) is 7. The van der Waals surface area contributed by atoms with Crippen LogP contribution in [0.4, 0.5) is 17.6 Å². The van der Waals surface area contributed by atoms with Crippen LogP contribution in [0.5, 0.6) is 0 Å². The Labute approximate surface area is 155 Å². The first-order valence-corrected chi connectivity index (χ1v) is 8.54. The van der Waals surface area contributed by atoms with Gasteiger partial charge in [-0.1, -0.05) is 5.16 Å². The number of aromatic nitrogens is 5. The summed E-state index contributed by atoms with van der Waals surface area (Å²) < 4.78 is 4.92. The number of carbonyl (C=O) groups excluding carboxylic acids is 1. The molecule has 138 valence electrons. The van der Waals surface area contributed by atoms with Crippen LogP contribution in [-0.4, -0.2) is 57.4 Å². The van der Waals surface area contributed by atoms with Crippen LogP contribution < -0.4 is 15.1 Å². The first kappa shape index (κ1) is 16.9. The lowest BCUT2D eigenvalue weighted by atomic mass is 10.3. The molecule has 0 aromatic carbocycles. The molecule has 0 atom stereocenters. The Balaban J connectivity index is 1.36. The summed E-state index contributed by atoms with van der Waals surface area (Å²) in [6.45, 7) is 4.88. The third-order valence-electron chi connectivity index (χ3n) is 4.19. The molecule has 0 saturated carbocycles. The van der Waals surface area contributed by atoms with E-state index in [2.05, 4.69) is 40.4 Å². The van der Waals surface area contributed by atoms with Gasteiger partial charge in [0, 0.05) is 44.6 Å². The van der Waals surface area contributed by atoms with E-state index in [1.807, 2.05) is 0 Å². The third-order valence-corrected chi connectivity index (χ3v) is 4.19. The topological polar surface area (TPSA) is 113 Å². The maximum Gasteiger partial charge on any atom is 0.277 e. The lowest BCUT2D eigenvalue weighted by Crippen LogP contribution is -2.47. The number of aryl methyl sites for hydroxylation is 1. The summed E-state index contributed by atoms with van der Waals surface area (Å²) in [4.78, 5) is 25.0. The van der Waals surface area contributed by atoms with Crippen molar-refractivity contribution < 1.29 is 9.32 Å². The normalized spacial score (nSPS) is 14.3. The molecule has 0 aliphatic carbocycles. The highest BCUT2D eigenvalue weighted by atomic mass is 16.5. The van der Waals surface area contributed by atoms with Crippen LogP contribution in [0.1, 0.15) is 16.2 Å². The van der Waals surface area contributed by atoms with Crippen molar-refractivity contribution in [2.75, 3.05) is 41.3 Å². The molecule has 3 aromatic rings. The van der Waals surface area contributed by atoms with Crippen molar-refractivity contribution in [1.82, 2.24) is 25.3 Å². The molecule has 0 bridgehead atoms. The van der Waals surface area contributed by atoms with Crippen molar-refractivity contribution in [2.45, 2.75) is 6.92 Å². The zero-order valence-corrected chi connectivity index (χ0v) is 14.7. The van der Waals surface area contributed by atoms with Gasteiger partial charge in [0.25, 0.3) is 5.91 Å². The van der Waals surface area contributed by atoms with E-state index < -0.39 is 0 Å². The van der Waals surface area contributed by atoms with Crippen molar-refractivity contribution in [3.63, 3.8) is 0 Å². The Bertz CT molecular complexity index is 904. The number of anilines is 3. The molecule has 3 aromatic heterocycles. The maximum atomic E-state index is 12.2. The average Bonchev–Trinajstić information content (AvgIpc) is 3.13. The molecule has 4 heterocycles. The SMILES string of the molecule is Cc1cc(NC(=O)c2ccc(N3CCN(c4ncccn4)CC3)nn2)no1. The number of hydrogen-bond donors (Lipinski definition) is 1. The minimum Gasteiger partial charge on any atom is -0.360 e. The standard InChI is InChI=1S/C17H18N8O2/c1-12-11-14(23-27-12)20-16(26)13-3-4-15(22-21-13)24-7-9-25(10-8-24)17-18-5-2-6-19-17/h2-6,11H,7-10H2,1H3,(H,20,23,26). The molecule has 1 aliphatic heterocycles. The van der Waals surface area contributed by atoms with E-state index >= 15 is 0 Å². The van der Waals surface area contributed by atoms with Crippen LogP contribution in [-0.2, 0) is 0 Å². The molecular weight excluding hydrogens is 348 g/mol. The molecule has 1 amide bonds. The van der Waals surface area contributed by atoms with Gasteiger partial charge in [-0.05, 0) is 25.1 Å². The van der Waals surface area contributed by atoms with Gasteiger partial charge >= 0.3 is 0 Å². The van der Waals surface area contributed by atoms with Gasteiger partial charge in [-0.2, -0.15) is 0 Å². The zero-order chi connectivity index (χ0) is 18.6. The Kier molecular flexibility index (Phi) is 4.60. The van der Waals surface area contributed by atoms with Crippen molar-refractivity contribution in [3.05, 3.63) is 48.1 Å². The van der Waals surface area contributed by atoms with Crippen LogP contribution in [0, 0.1) is 6.92 Å². The highest BCUT2D eigenvalue weighted by Crippen LogP contribution is 2.16. The molecule has 0 spiro atoms. The first-order chi connectivity index (χ1) is 13.2. The van der Waals surface area contributed by atoms with Gasteiger partial charge in [-0.25, -0.2) is 9.97 Å². The van der Waals surface area contributed by atoms with Gasteiger partial charge in [0.15, 0.2) is 17.3 Å². The minimum absolute atomic E-state index is 0.218. The van der Waals surface area contributed by atoms with Gasteiger partial charge in [0.05, 0.1) is 0 Å². The molecule has 1 fully saturated rings. The van der Waals surface area contributed by atoms with Gasteiger partial charge in [0.1, 0.15) is 5.76 Å². The Morgan fingerprint density at radius 2 is 1.81 bits per heavy atom. The predicted molar refractivity (Wildman–Crippen MR) is 97.7 cm³/mol. The molecule has 0 unspecified atom stereocenters. The number of nitrogens with one attached hydrogen (secondary N) is 1. The fourth-order valence-corrected chi connectivity index (χ4v) is 2.81. The van der Waals surface area contributed by atoms with Crippen LogP contribution in [0.25, 0.3) is 0 Å². The first-order valence-electron chi connectivity index (χ1n) is 8.54. The van der Waals surface area contributed by atoms with Gasteiger partial charge in [-0.3, -0.25) is 4.79 Å². The van der Waals surface area contributed by atoms with Crippen LogP contribution >= 0.6 is 0 Å². The van der Waals surface area contributed by atoms with Crippen molar-refractivity contribution >= 4 is 23.5 Å². The monoisotopic (exact) mass is 366 g/mol. The quantitative estimate of drug-likeness (QED) is 0.726. The number of amides is 1. The van der Waals surface area contributed by atoms with E-state index in [0.717, 1.165) is 37.9 Å². The molecular formula is C17H18N8O2. The smallest absolute Gasteiger partial charge is 0.277 e. The molecule has 0 radical (unpaired) electrons. The van der Waals surface area contributed by atoms with Crippen molar-refractivity contribution in [1.29, 1.82) is 0 Å². The number of hydrogen-bond acceptors (Lipinski definition) is 9. The Morgan fingerprint density at radius 3 is 2.44 bits per heavy atom. The van der Waals surface area contributed by atoms with Gasteiger partial charge in [-0.15, -0.1) is 10.2 Å². The zero-order valence-electron chi connectivity index (χ0n) is 14.7. The molecule has 1 aliphatic rings. The van der Waals surface area contributed by atoms with E-state index in [0.29, 0.717) is 11.6 Å². The fourth-order valence-electron chi connectivity index (χ4n) is 2.81. The average molecular weight is 366 g/mol. The number of piperazine rings is 1. The lowest BCUT2D eigenvalue weighted by molar-refractivity contribution is 0.102. The fraction of sp³-hybridized carbons (Fsp3) is 0.294. The molecule has 10 nitrogen and oxygen atoms in total. The lowest BCUT2D eigenvalue weighted by Gasteiger charge is -2.35. The third kappa shape index (κ3) is 3.84. The highest BCUT2D eigenvalue weighted by Gasteiger charge is 2.20. The summed E-state index contributed by atoms with van der Waals surface area (Å²) in [7, 11) is 0. The maximum absolute atomic E-state index is 12.2. The highest BCUT2D eigenvalue weighted by molar-refractivity contribution is 6.02. The van der Waals surface area contributed by atoms with E-state index in [1.165, 1.54) is 0 Å². The summed E-state index contributed by atoms with van der Waals surface area (Å²) in [5, 5.41) is 14.6. The van der Waals surface area contributed by atoms with E-state index in [-0.39, 0.29) is 11.6 Å². The van der Waals surface area contributed by atoms with Crippen LogP contribution in [0.15, 0.2) is 41.2 Å². The summed E-state index contributed by atoms with van der Waals surface area (Å²) in [6, 6.07) is 6.88. The molecule has 1 saturated heterocycles. The molecule has 1 N–H and O–H groups in total. The predicted octanol–water partition coefficient (Wildman–Crippen LogP) is 1.14. The minimum atomic E-state index is -0.381. The molecule has 4 rings (SSSR count). The second-order valence-corrected chi connectivity index (χ2v) is 6.08. The second-order valence-electron chi connectivity index (χ2n) is 6.08. The molecule has 27 heavy (non-hydrogen) atoms. The van der Waals surface area contributed by atoms with Crippen LogP contribution in [0.3, 0.4) is 0 Å². The summed E-state index contributed by atoms with van der Waals surface area (Å²) >= 11 is 0. The van der Waals surface area contributed by atoms with E-state index in [9.17, 15) is 4.79 Å². The Hall–Kier alpha value is -3.56. The second kappa shape index (κ2) is 7.36. The number of carbonyl (C=O) groups is 1.